The molecule has 2 heterocycles. The number of amides is 3. The fourth-order valence-corrected chi connectivity index (χ4v) is 4.36. The molecule has 3 rings (SSSR count). The molecule has 2 aliphatic rings. The van der Waals surface area contributed by atoms with Crippen molar-refractivity contribution in [3.05, 3.63) is 24.3 Å². The van der Waals surface area contributed by atoms with Gasteiger partial charge in [-0.25, -0.2) is 0 Å². The van der Waals surface area contributed by atoms with Gasteiger partial charge in [0.2, 0.25) is 11.8 Å². The third-order valence-electron chi connectivity index (χ3n) is 3.01. The Labute approximate surface area is 118 Å². The summed E-state index contributed by atoms with van der Waals surface area (Å²) < 4.78 is 0. The van der Waals surface area contributed by atoms with E-state index in [0.29, 0.717) is 0 Å². The summed E-state index contributed by atoms with van der Waals surface area (Å²) in [5, 5.41) is 1.27. The number of benzene rings is 1. The van der Waals surface area contributed by atoms with E-state index in [4.69, 9.17) is 0 Å². The molecule has 7 heteroatoms. The fraction of sp³-hybridized carbons (Fsp3) is 0.250. The summed E-state index contributed by atoms with van der Waals surface area (Å²) in [5.74, 6) is -0.528. The van der Waals surface area contributed by atoms with E-state index in [9.17, 15) is 14.4 Å². The molecule has 5 nitrogen and oxygen atoms in total. The van der Waals surface area contributed by atoms with Crippen molar-refractivity contribution in [1.29, 1.82) is 0 Å². The largest absolute Gasteiger partial charge is 0.324 e. The SMILES string of the molecule is CN1C(=O)SC(C2Sc3ccccc3NC2=O)C1=O. The van der Waals surface area contributed by atoms with Crippen molar-refractivity contribution >= 4 is 46.3 Å². The minimum absolute atomic E-state index is 0.224. The average Bonchev–Trinajstić information content (AvgIpc) is 2.66. The molecule has 98 valence electrons. The molecule has 1 saturated heterocycles. The van der Waals surface area contributed by atoms with E-state index in [1.54, 1.807) is 0 Å². The monoisotopic (exact) mass is 294 g/mol. The molecule has 2 aliphatic heterocycles. The molecule has 1 N–H and O–H groups in total. The highest BCUT2D eigenvalue weighted by atomic mass is 32.2. The first kappa shape index (κ1) is 12.6. The second-order valence-corrected chi connectivity index (χ2v) is 6.50. The number of anilines is 1. The molecule has 1 aromatic carbocycles. The van der Waals surface area contributed by atoms with Gasteiger partial charge in [-0.3, -0.25) is 19.3 Å². The Bertz CT molecular complexity index is 590. The van der Waals surface area contributed by atoms with Gasteiger partial charge >= 0.3 is 0 Å². The Morgan fingerprint density at radius 1 is 1.11 bits per heavy atom. The molecule has 0 aromatic heterocycles. The normalized spacial score (nSPS) is 26.4. The molecule has 0 spiro atoms. The maximum Gasteiger partial charge on any atom is 0.288 e. The summed E-state index contributed by atoms with van der Waals surface area (Å²) in [6.45, 7) is 0. The number of carbonyl (C=O) groups excluding carboxylic acids is 3. The Morgan fingerprint density at radius 2 is 1.84 bits per heavy atom. The van der Waals surface area contributed by atoms with Gasteiger partial charge in [-0.2, -0.15) is 0 Å². The van der Waals surface area contributed by atoms with Crippen LogP contribution in [0, 0.1) is 0 Å². The second-order valence-electron chi connectivity index (χ2n) is 4.23. The maximum atomic E-state index is 12.1. The first-order chi connectivity index (χ1) is 9.08. The van der Waals surface area contributed by atoms with E-state index >= 15 is 0 Å². The Hall–Kier alpha value is -1.47. The number of nitrogens with one attached hydrogen (secondary N) is 1. The van der Waals surface area contributed by atoms with Crippen molar-refractivity contribution < 1.29 is 14.4 Å². The lowest BCUT2D eigenvalue weighted by molar-refractivity contribution is -0.127. The van der Waals surface area contributed by atoms with Crippen molar-refractivity contribution in [2.45, 2.75) is 15.4 Å². The third-order valence-corrected chi connectivity index (χ3v) is 5.73. The van der Waals surface area contributed by atoms with Crippen LogP contribution < -0.4 is 5.32 Å². The van der Waals surface area contributed by atoms with E-state index in [1.165, 1.54) is 18.8 Å². The highest BCUT2D eigenvalue weighted by molar-refractivity contribution is 8.16. The number of thioether (sulfide) groups is 2. The molecule has 0 bridgehead atoms. The second kappa shape index (κ2) is 4.57. The van der Waals surface area contributed by atoms with Crippen LogP contribution in [0.4, 0.5) is 10.5 Å². The van der Waals surface area contributed by atoms with Gasteiger partial charge < -0.3 is 5.32 Å². The molecule has 0 radical (unpaired) electrons. The van der Waals surface area contributed by atoms with Crippen LogP contribution in [0.15, 0.2) is 29.2 Å². The van der Waals surface area contributed by atoms with Gasteiger partial charge in [0.05, 0.1) is 5.69 Å². The van der Waals surface area contributed by atoms with Crippen LogP contribution in [-0.4, -0.2) is 39.5 Å². The van der Waals surface area contributed by atoms with Crippen molar-refractivity contribution in [2.24, 2.45) is 0 Å². The summed E-state index contributed by atoms with van der Waals surface area (Å²) in [7, 11) is 1.44. The molecule has 0 aliphatic carbocycles. The molecule has 2 unspecified atom stereocenters. The number of imide groups is 1. The van der Waals surface area contributed by atoms with E-state index < -0.39 is 10.5 Å². The van der Waals surface area contributed by atoms with E-state index in [2.05, 4.69) is 5.32 Å². The van der Waals surface area contributed by atoms with E-state index in [-0.39, 0.29) is 17.1 Å². The van der Waals surface area contributed by atoms with Gasteiger partial charge in [-0.05, 0) is 23.9 Å². The first-order valence-electron chi connectivity index (χ1n) is 5.62. The van der Waals surface area contributed by atoms with Crippen molar-refractivity contribution in [2.75, 3.05) is 12.4 Å². The first-order valence-corrected chi connectivity index (χ1v) is 7.38. The highest BCUT2D eigenvalue weighted by Gasteiger charge is 2.46. The summed E-state index contributed by atoms with van der Waals surface area (Å²) in [6.07, 6.45) is 0. The van der Waals surface area contributed by atoms with E-state index in [0.717, 1.165) is 27.2 Å². The van der Waals surface area contributed by atoms with Crippen molar-refractivity contribution in [3.8, 4) is 0 Å². The fourth-order valence-electron chi connectivity index (χ4n) is 1.98. The number of para-hydroxylation sites is 1. The van der Waals surface area contributed by atoms with Gasteiger partial charge in [0, 0.05) is 11.9 Å². The molecule has 19 heavy (non-hydrogen) atoms. The van der Waals surface area contributed by atoms with Crippen LogP contribution in [0.5, 0.6) is 0 Å². The van der Waals surface area contributed by atoms with Crippen LogP contribution >= 0.6 is 23.5 Å². The lowest BCUT2D eigenvalue weighted by Gasteiger charge is -2.26. The lowest BCUT2D eigenvalue weighted by atomic mass is 10.2. The third kappa shape index (κ3) is 2.02. The zero-order valence-electron chi connectivity index (χ0n) is 9.95. The van der Waals surface area contributed by atoms with Crippen molar-refractivity contribution in [3.63, 3.8) is 0 Å². The number of hydrogen-bond acceptors (Lipinski definition) is 5. The van der Waals surface area contributed by atoms with Crippen LogP contribution in [0.1, 0.15) is 0 Å². The Kier molecular flexibility index (Phi) is 3.02. The molecule has 2 atom stereocenters. The summed E-state index contributed by atoms with van der Waals surface area (Å²) in [4.78, 5) is 37.5. The standard InChI is InChI=1S/C12H10N2O3S2/c1-14-11(16)9(19-12(14)17)8-10(15)13-6-4-2-3-5-7(6)18-8/h2-5,8-9H,1H3,(H,13,15). The summed E-state index contributed by atoms with van der Waals surface area (Å²) >= 11 is 2.26. The number of nitrogens with zero attached hydrogens (tertiary/aromatic N) is 1. The number of carbonyl (C=O) groups is 3. The lowest BCUT2D eigenvalue weighted by Crippen LogP contribution is -2.41. The number of hydrogen-bond donors (Lipinski definition) is 1. The molecular formula is C12H10N2O3S2. The zero-order chi connectivity index (χ0) is 13.6. The van der Waals surface area contributed by atoms with Crippen LogP contribution in [0.3, 0.4) is 0 Å². The van der Waals surface area contributed by atoms with Crippen LogP contribution in [-0.2, 0) is 9.59 Å². The molecule has 1 fully saturated rings. The number of rotatable bonds is 1. The van der Waals surface area contributed by atoms with Gasteiger partial charge in [-0.15, -0.1) is 11.8 Å². The Morgan fingerprint density at radius 3 is 2.53 bits per heavy atom. The topological polar surface area (TPSA) is 66.5 Å². The van der Waals surface area contributed by atoms with Crippen LogP contribution in [0.25, 0.3) is 0 Å². The van der Waals surface area contributed by atoms with Gasteiger partial charge in [0.25, 0.3) is 5.24 Å². The van der Waals surface area contributed by atoms with E-state index in [1.807, 2.05) is 24.3 Å². The Balaban J connectivity index is 1.90. The van der Waals surface area contributed by atoms with Gasteiger partial charge in [0.15, 0.2) is 0 Å². The predicted molar refractivity (Wildman–Crippen MR) is 74.3 cm³/mol. The minimum atomic E-state index is -0.643. The smallest absolute Gasteiger partial charge is 0.288 e. The highest BCUT2D eigenvalue weighted by Crippen LogP contribution is 2.42. The van der Waals surface area contributed by atoms with Crippen molar-refractivity contribution in [1.82, 2.24) is 4.90 Å². The number of fused-ring (bicyclic) bond motifs is 1. The summed E-state index contributed by atoms with van der Waals surface area (Å²) in [5.41, 5.74) is 0.754. The van der Waals surface area contributed by atoms with Gasteiger partial charge in [0.1, 0.15) is 10.5 Å². The zero-order valence-corrected chi connectivity index (χ0v) is 11.6. The average molecular weight is 294 g/mol. The molecule has 3 amide bonds. The van der Waals surface area contributed by atoms with Crippen LogP contribution in [0.2, 0.25) is 0 Å². The summed E-state index contributed by atoms with van der Waals surface area (Å²) in [6, 6.07) is 7.42. The maximum absolute atomic E-state index is 12.1. The predicted octanol–water partition coefficient (Wildman–Crippen LogP) is 1.79. The minimum Gasteiger partial charge on any atom is -0.324 e. The molecule has 1 aromatic rings. The quantitative estimate of drug-likeness (QED) is 0.855. The molecule has 0 saturated carbocycles. The molecular weight excluding hydrogens is 284 g/mol. The van der Waals surface area contributed by atoms with Gasteiger partial charge in [-0.1, -0.05) is 12.1 Å².